The molecule has 0 N–H and O–H groups in total. The summed E-state index contributed by atoms with van der Waals surface area (Å²) in [7, 11) is -9.21. The molecule has 0 aromatic carbocycles. The molecule has 372 valence electrons. The minimum atomic E-state index is -4.60. The molecule has 0 aromatic rings. The number of allylic oxidation sites excluding steroid dienone is 2. The molecule has 0 rings (SSSR count). The van der Waals surface area contributed by atoms with Gasteiger partial charge in [0.1, 0.15) is 0 Å². The van der Waals surface area contributed by atoms with Crippen molar-refractivity contribution in [2.75, 3.05) is 13.2 Å². The van der Waals surface area contributed by atoms with E-state index in [0.29, 0.717) is 0 Å². The Bertz CT molecular complexity index is 1070. The van der Waals surface area contributed by atoms with E-state index < -0.39 is 20.8 Å². The number of hydrogen-bond donors (Lipinski definition) is 0. The van der Waals surface area contributed by atoms with Crippen LogP contribution in [0.2, 0.25) is 0 Å². The average molecular weight is 960 g/mol. The maximum atomic E-state index is 10.8. The smallest absolute Gasteiger partial charge is 0.726 e. The molecular formula is C52H102CaO8S2. The Labute approximate surface area is 423 Å². The van der Waals surface area contributed by atoms with Gasteiger partial charge in [0.25, 0.3) is 0 Å². The van der Waals surface area contributed by atoms with Crippen molar-refractivity contribution in [3.63, 3.8) is 0 Å². The second kappa shape index (κ2) is 53.4. The van der Waals surface area contributed by atoms with Gasteiger partial charge in [-0.3, -0.25) is 8.37 Å². The molecule has 0 fully saturated rings. The van der Waals surface area contributed by atoms with Crippen LogP contribution < -0.4 is 0 Å². The van der Waals surface area contributed by atoms with Crippen molar-refractivity contribution in [2.45, 2.75) is 285 Å². The van der Waals surface area contributed by atoms with Crippen molar-refractivity contribution in [3.05, 3.63) is 24.3 Å². The van der Waals surface area contributed by atoms with E-state index in [9.17, 15) is 25.9 Å². The molecule has 0 saturated heterocycles. The average Bonchev–Trinajstić information content (AvgIpc) is 3.23. The first-order chi connectivity index (χ1) is 30.0. The Morgan fingerprint density at radius 1 is 0.349 bits per heavy atom. The summed E-state index contributed by atoms with van der Waals surface area (Å²) in [5, 5.41) is 0. The first-order valence-electron chi connectivity index (χ1n) is 26.5. The Kier molecular flexibility index (Phi) is 57.5. The molecule has 0 bridgehead atoms. The molecule has 0 aromatic heterocycles. The van der Waals surface area contributed by atoms with E-state index in [1.165, 1.54) is 205 Å². The van der Waals surface area contributed by atoms with E-state index in [1.54, 1.807) is 0 Å². The third-order valence-electron chi connectivity index (χ3n) is 12.0. The van der Waals surface area contributed by atoms with Crippen LogP contribution in [0.5, 0.6) is 0 Å². The minimum absolute atomic E-state index is 0. The molecule has 63 heavy (non-hydrogen) atoms. The Hall–Kier alpha value is 0.480. The molecule has 2 atom stereocenters. The van der Waals surface area contributed by atoms with Crippen LogP contribution in [0.4, 0.5) is 0 Å². The second-order valence-electron chi connectivity index (χ2n) is 18.2. The zero-order chi connectivity index (χ0) is 46.1. The predicted octanol–water partition coefficient (Wildman–Crippen LogP) is 16.6. The molecule has 8 nitrogen and oxygen atoms in total. The number of hydrogen-bond acceptors (Lipinski definition) is 8. The van der Waals surface area contributed by atoms with Gasteiger partial charge in [0, 0.05) is 11.8 Å². The molecular weight excluding hydrogens is 857 g/mol. The zero-order valence-electron chi connectivity index (χ0n) is 42.0. The summed E-state index contributed by atoms with van der Waals surface area (Å²) in [6.07, 6.45) is 59.0. The molecule has 0 saturated carbocycles. The van der Waals surface area contributed by atoms with Gasteiger partial charge >= 0.3 is 37.7 Å². The zero-order valence-corrected chi connectivity index (χ0v) is 45.8. The topological polar surface area (TPSA) is 133 Å². The fraction of sp³-hybridized carbons (Fsp3) is 0.923. The summed E-state index contributed by atoms with van der Waals surface area (Å²) < 4.78 is 73.7. The third kappa shape index (κ3) is 62.5. The molecule has 2 unspecified atom stereocenters. The van der Waals surface area contributed by atoms with Gasteiger partial charge in [-0.1, -0.05) is 270 Å². The summed E-state index contributed by atoms with van der Waals surface area (Å²) in [6, 6.07) is 0. The SMILES string of the molecule is CCCCCC/C=C/C(CCCCCCCCCCCCCCCC)COS(=O)(=O)[O-].CCCCCC/C=C/C(CCCCCCCCCCCCCCCC)COS(=O)(=O)[O-].[Ca+2]. The van der Waals surface area contributed by atoms with Crippen LogP contribution in [0.3, 0.4) is 0 Å². The van der Waals surface area contributed by atoms with Crippen LogP contribution in [0.1, 0.15) is 285 Å². The van der Waals surface area contributed by atoms with E-state index >= 15 is 0 Å². The van der Waals surface area contributed by atoms with Gasteiger partial charge in [-0.05, 0) is 38.5 Å². The van der Waals surface area contributed by atoms with Crippen molar-refractivity contribution >= 4 is 58.5 Å². The normalized spacial score (nSPS) is 13.0. The predicted molar refractivity (Wildman–Crippen MR) is 270 cm³/mol. The quantitative estimate of drug-likeness (QED) is 0.0194. The first-order valence-corrected chi connectivity index (χ1v) is 29.2. The van der Waals surface area contributed by atoms with E-state index in [-0.39, 0.29) is 62.8 Å². The molecule has 0 aliphatic heterocycles. The van der Waals surface area contributed by atoms with Gasteiger partial charge in [0.05, 0.1) is 13.2 Å². The molecule has 0 aliphatic carbocycles. The summed E-state index contributed by atoms with van der Waals surface area (Å²) in [6.45, 7) is 8.89. The Balaban J connectivity index is -0.00000112. The summed E-state index contributed by atoms with van der Waals surface area (Å²) in [4.78, 5) is 0. The fourth-order valence-electron chi connectivity index (χ4n) is 7.97. The molecule has 0 aliphatic rings. The van der Waals surface area contributed by atoms with Crippen LogP contribution in [0.25, 0.3) is 0 Å². The maximum Gasteiger partial charge on any atom is 2.00 e. The van der Waals surface area contributed by atoms with Crippen LogP contribution in [-0.2, 0) is 29.2 Å². The molecule has 0 heterocycles. The van der Waals surface area contributed by atoms with E-state index in [2.05, 4.69) is 60.4 Å². The van der Waals surface area contributed by atoms with Crippen molar-refractivity contribution in [1.82, 2.24) is 0 Å². The van der Waals surface area contributed by atoms with Gasteiger partial charge in [0.15, 0.2) is 0 Å². The van der Waals surface area contributed by atoms with Crippen LogP contribution >= 0.6 is 0 Å². The van der Waals surface area contributed by atoms with Crippen molar-refractivity contribution in [1.29, 1.82) is 0 Å². The van der Waals surface area contributed by atoms with Gasteiger partial charge in [-0.2, -0.15) is 0 Å². The fourth-order valence-corrected chi connectivity index (χ4v) is 8.65. The van der Waals surface area contributed by atoms with Gasteiger partial charge in [0.2, 0.25) is 20.8 Å². The summed E-state index contributed by atoms with van der Waals surface area (Å²) >= 11 is 0. The minimum Gasteiger partial charge on any atom is -0.726 e. The second-order valence-corrected chi connectivity index (χ2v) is 20.3. The van der Waals surface area contributed by atoms with Gasteiger partial charge in [-0.15, -0.1) is 0 Å². The van der Waals surface area contributed by atoms with Crippen molar-refractivity contribution in [3.8, 4) is 0 Å². The van der Waals surface area contributed by atoms with Gasteiger partial charge in [-0.25, -0.2) is 16.8 Å². The largest absolute Gasteiger partial charge is 2.00 e. The molecule has 11 heteroatoms. The molecule has 0 amide bonds. The summed E-state index contributed by atoms with van der Waals surface area (Å²) in [5.41, 5.74) is 0. The molecule has 0 spiro atoms. The van der Waals surface area contributed by atoms with E-state index in [1.807, 2.05) is 0 Å². The van der Waals surface area contributed by atoms with Gasteiger partial charge < -0.3 is 9.11 Å². The van der Waals surface area contributed by atoms with E-state index in [0.717, 1.165) is 51.4 Å². The molecule has 0 radical (unpaired) electrons. The van der Waals surface area contributed by atoms with Crippen molar-refractivity contribution < 1.29 is 34.3 Å². The van der Waals surface area contributed by atoms with Crippen LogP contribution in [0, 0.1) is 11.8 Å². The van der Waals surface area contributed by atoms with E-state index in [4.69, 9.17) is 0 Å². The Morgan fingerprint density at radius 3 is 0.778 bits per heavy atom. The Morgan fingerprint density at radius 2 is 0.556 bits per heavy atom. The maximum absolute atomic E-state index is 10.8. The third-order valence-corrected chi connectivity index (χ3v) is 12.8. The number of rotatable bonds is 48. The standard InChI is InChI=1S/2C26H52O4S.Ca/c2*1-3-5-7-9-11-12-13-14-15-16-17-18-20-22-24-26(25-30-31(27,28)29)23-21-19-10-8-6-4-2;/h2*21,23,26H,3-20,22,24-25H2,1-2H3,(H,27,28,29);/q;;+2/p-2/b2*23-21+;. The van der Waals surface area contributed by atoms with Crippen LogP contribution in [0.15, 0.2) is 24.3 Å². The van der Waals surface area contributed by atoms with Crippen molar-refractivity contribution in [2.24, 2.45) is 11.8 Å². The first kappa shape index (κ1) is 67.7. The monoisotopic (exact) mass is 959 g/mol. The summed E-state index contributed by atoms with van der Waals surface area (Å²) in [5.74, 6) is 0.0412. The number of unbranched alkanes of at least 4 members (excludes halogenated alkanes) is 34. The van der Waals surface area contributed by atoms with Crippen LogP contribution in [-0.4, -0.2) is 76.9 Å².